The summed E-state index contributed by atoms with van der Waals surface area (Å²) < 4.78 is 5.12. The van der Waals surface area contributed by atoms with Crippen LogP contribution >= 0.6 is 0 Å². The Kier molecular flexibility index (Phi) is 6.65. The molecule has 1 N–H and O–H groups in total. The number of hydrogen-bond acceptors (Lipinski definition) is 5. The van der Waals surface area contributed by atoms with Crippen molar-refractivity contribution in [1.82, 2.24) is 0 Å². The fraction of sp³-hybridized carbons (Fsp3) is 0.300. The first kappa shape index (κ1) is 20.1. The highest BCUT2D eigenvalue weighted by molar-refractivity contribution is 5.95. The largest absolute Gasteiger partial charge is 0.455 e. The van der Waals surface area contributed by atoms with E-state index in [9.17, 15) is 19.7 Å². The smallest absolute Gasteiger partial charge is 0.313 e. The summed E-state index contributed by atoms with van der Waals surface area (Å²) in [7, 11) is 0. The van der Waals surface area contributed by atoms with Gasteiger partial charge >= 0.3 is 5.97 Å². The number of amides is 1. The van der Waals surface area contributed by atoms with E-state index >= 15 is 0 Å². The van der Waals surface area contributed by atoms with Crippen molar-refractivity contribution in [2.24, 2.45) is 0 Å². The number of rotatable bonds is 7. The van der Waals surface area contributed by atoms with E-state index in [4.69, 9.17) is 4.74 Å². The van der Waals surface area contributed by atoms with Crippen LogP contribution in [0.5, 0.6) is 0 Å². The highest BCUT2D eigenvalue weighted by Gasteiger charge is 2.22. The summed E-state index contributed by atoms with van der Waals surface area (Å²) in [5, 5.41) is 13.6. The molecule has 2 rings (SSSR count). The average molecular weight is 370 g/mol. The van der Waals surface area contributed by atoms with Gasteiger partial charge in [0, 0.05) is 6.07 Å². The fourth-order valence-corrected chi connectivity index (χ4v) is 2.70. The predicted octanol–water partition coefficient (Wildman–Crippen LogP) is 3.89. The highest BCUT2D eigenvalue weighted by Crippen LogP contribution is 2.28. The molecule has 0 aliphatic carbocycles. The first-order valence-corrected chi connectivity index (χ1v) is 8.60. The third-order valence-corrected chi connectivity index (χ3v) is 4.32. The molecule has 142 valence electrons. The number of hydrogen-bond donors (Lipinski definition) is 1. The Morgan fingerprint density at radius 1 is 1.15 bits per heavy atom. The molecule has 1 atom stereocenters. The maximum absolute atomic E-state index is 12.3. The van der Waals surface area contributed by atoms with E-state index < -0.39 is 29.3 Å². The normalized spacial score (nSPS) is 11.5. The molecule has 7 nitrogen and oxygen atoms in total. The quantitative estimate of drug-likeness (QED) is 0.453. The minimum Gasteiger partial charge on any atom is -0.455 e. The lowest BCUT2D eigenvalue weighted by atomic mass is 9.97. The molecule has 7 heteroatoms. The molecule has 0 fully saturated rings. The second kappa shape index (κ2) is 8.93. The van der Waals surface area contributed by atoms with Crippen molar-refractivity contribution in [2.45, 2.75) is 33.1 Å². The zero-order valence-electron chi connectivity index (χ0n) is 15.5. The van der Waals surface area contributed by atoms with E-state index in [-0.39, 0.29) is 11.4 Å². The lowest BCUT2D eigenvalue weighted by Crippen LogP contribution is -2.24. The van der Waals surface area contributed by atoms with E-state index in [2.05, 4.69) is 5.32 Å². The summed E-state index contributed by atoms with van der Waals surface area (Å²) >= 11 is 0. The molecule has 0 radical (unpaired) electrons. The number of nitrogens with one attached hydrogen (secondary N) is 1. The van der Waals surface area contributed by atoms with E-state index in [1.54, 1.807) is 13.8 Å². The number of nitrogens with zero attached hydrogens (tertiary/aromatic N) is 1. The van der Waals surface area contributed by atoms with Gasteiger partial charge in [0.05, 0.1) is 10.8 Å². The van der Waals surface area contributed by atoms with Crippen molar-refractivity contribution in [3.8, 4) is 0 Å². The Bertz CT molecular complexity index is 849. The van der Waals surface area contributed by atoms with Crippen LogP contribution in [0, 0.1) is 24.0 Å². The molecule has 2 aromatic carbocycles. The van der Waals surface area contributed by atoms with E-state index in [1.165, 1.54) is 12.1 Å². The van der Waals surface area contributed by atoms with Crippen LogP contribution in [0.2, 0.25) is 0 Å². The number of ether oxygens (including phenoxy) is 1. The van der Waals surface area contributed by atoms with E-state index in [0.717, 1.165) is 16.7 Å². The summed E-state index contributed by atoms with van der Waals surface area (Å²) in [6.07, 6.45) is 0.535. The second-order valence-electron chi connectivity index (χ2n) is 6.24. The summed E-state index contributed by atoms with van der Waals surface area (Å²) in [5.74, 6) is -1.60. The molecule has 0 saturated carbocycles. The van der Waals surface area contributed by atoms with Gasteiger partial charge in [-0.15, -0.1) is 0 Å². The molecule has 0 heterocycles. The maximum atomic E-state index is 12.3. The molecular weight excluding hydrogens is 348 g/mol. The van der Waals surface area contributed by atoms with Gasteiger partial charge in [0.1, 0.15) is 5.69 Å². The molecule has 0 aromatic heterocycles. The van der Waals surface area contributed by atoms with Gasteiger partial charge in [-0.05, 0) is 43.0 Å². The molecule has 0 bridgehead atoms. The number of esters is 1. The van der Waals surface area contributed by atoms with Crippen LogP contribution in [-0.2, 0) is 14.3 Å². The van der Waals surface area contributed by atoms with Crippen LogP contribution in [0.15, 0.2) is 42.5 Å². The predicted molar refractivity (Wildman–Crippen MR) is 102 cm³/mol. The maximum Gasteiger partial charge on any atom is 0.313 e. The first-order valence-electron chi connectivity index (χ1n) is 8.60. The van der Waals surface area contributed by atoms with Crippen molar-refractivity contribution < 1.29 is 19.2 Å². The van der Waals surface area contributed by atoms with Gasteiger partial charge in [0.2, 0.25) is 0 Å². The van der Waals surface area contributed by atoms with Gasteiger partial charge in [-0.3, -0.25) is 19.7 Å². The van der Waals surface area contributed by atoms with Crippen LogP contribution in [0.4, 0.5) is 11.4 Å². The Morgan fingerprint density at radius 2 is 1.78 bits per heavy atom. The summed E-state index contributed by atoms with van der Waals surface area (Å²) in [4.78, 5) is 35.0. The van der Waals surface area contributed by atoms with Crippen molar-refractivity contribution >= 4 is 23.3 Å². The van der Waals surface area contributed by atoms with Crippen LogP contribution < -0.4 is 5.32 Å². The van der Waals surface area contributed by atoms with Gasteiger partial charge in [-0.2, -0.15) is 0 Å². The van der Waals surface area contributed by atoms with Crippen molar-refractivity contribution in [3.63, 3.8) is 0 Å². The Hall–Kier alpha value is -3.22. The Labute approximate surface area is 157 Å². The van der Waals surface area contributed by atoms with E-state index in [1.807, 2.05) is 37.3 Å². The average Bonchev–Trinajstić information content (AvgIpc) is 2.64. The molecule has 0 spiro atoms. The topological polar surface area (TPSA) is 98.5 Å². The Morgan fingerprint density at radius 3 is 2.37 bits per heavy atom. The molecule has 2 aromatic rings. The van der Waals surface area contributed by atoms with Gasteiger partial charge in [0.15, 0.2) is 6.61 Å². The highest BCUT2D eigenvalue weighted by atomic mass is 16.6. The fourth-order valence-electron chi connectivity index (χ4n) is 2.70. The molecule has 1 amide bonds. The van der Waals surface area contributed by atoms with Crippen LogP contribution in [0.3, 0.4) is 0 Å². The number of aryl methyl sites for hydroxylation is 2. The third kappa shape index (κ3) is 5.13. The van der Waals surface area contributed by atoms with Crippen molar-refractivity contribution in [3.05, 3.63) is 69.3 Å². The second-order valence-corrected chi connectivity index (χ2v) is 6.24. The lowest BCUT2D eigenvalue weighted by Gasteiger charge is -2.14. The summed E-state index contributed by atoms with van der Waals surface area (Å²) in [6, 6.07) is 12.1. The van der Waals surface area contributed by atoms with Crippen molar-refractivity contribution in [2.75, 3.05) is 11.9 Å². The number of carbonyl (C=O) groups excluding carboxylic acids is 2. The van der Waals surface area contributed by atoms with Gasteiger partial charge < -0.3 is 10.1 Å². The van der Waals surface area contributed by atoms with Crippen molar-refractivity contribution in [1.29, 1.82) is 0 Å². The lowest BCUT2D eigenvalue weighted by molar-refractivity contribution is -0.384. The third-order valence-electron chi connectivity index (χ3n) is 4.32. The minimum absolute atomic E-state index is 0.0826. The SMILES string of the molecule is CCC(C(=O)OCC(=O)Nc1cc(C)c(C)cc1[N+](=O)[O-])c1ccccc1. The molecule has 0 saturated heterocycles. The number of anilines is 1. The zero-order valence-corrected chi connectivity index (χ0v) is 15.5. The molecule has 1 unspecified atom stereocenters. The number of nitro groups is 1. The molecular formula is C20H22N2O5. The summed E-state index contributed by atoms with van der Waals surface area (Å²) in [5.41, 5.74) is 2.26. The number of nitro benzene ring substituents is 1. The number of benzene rings is 2. The van der Waals surface area contributed by atoms with E-state index in [0.29, 0.717) is 6.42 Å². The monoisotopic (exact) mass is 370 g/mol. The standard InChI is InChI=1S/C20H22N2O5/c1-4-16(15-8-6-5-7-9-15)20(24)27-12-19(23)21-17-10-13(2)14(3)11-18(17)22(25)26/h5-11,16H,4,12H2,1-3H3,(H,21,23). The van der Waals surface area contributed by atoms with Gasteiger partial charge in [-0.25, -0.2) is 0 Å². The zero-order chi connectivity index (χ0) is 20.0. The van der Waals surface area contributed by atoms with Gasteiger partial charge in [0.25, 0.3) is 11.6 Å². The Balaban J connectivity index is 2.03. The summed E-state index contributed by atoms with van der Waals surface area (Å²) in [6.45, 7) is 4.90. The number of carbonyl (C=O) groups is 2. The van der Waals surface area contributed by atoms with Crippen LogP contribution in [-0.4, -0.2) is 23.4 Å². The molecule has 27 heavy (non-hydrogen) atoms. The van der Waals surface area contributed by atoms with Gasteiger partial charge in [-0.1, -0.05) is 37.3 Å². The molecule has 0 aliphatic rings. The molecule has 0 aliphatic heterocycles. The van der Waals surface area contributed by atoms with Crippen LogP contribution in [0.25, 0.3) is 0 Å². The first-order chi connectivity index (χ1) is 12.8. The van der Waals surface area contributed by atoms with Crippen LogP contribution in [0.1, 0.15) is 36.0 Å². The minimum atomic E-state index is -0.627.